The SMILES string of the molecule is O=c1c(I)c(Cl)ncn1Cc1cc(Cl)ccc1[N+](=O)[O-]. The smallest absolute Gasteiger partial charge is 0.274 e. The monoisotopic (exact) mass is 425 g/mol. The molecule has 9 heteroatoms. The molecule has 0 aliphatic rings. The third-order valence-corrected chi connectivity index (χ3v) is 4.33. The highest BCUT2D eigenvalue weighted by atomic mass is 127. The van der Waals surface area contributed by atoms with Crippen molar-refractivity contribution in [3.05, 3.63) is 64.3 Å². The molecule has 0 amide bonds. The Hall–Kier alpha value is -1.19. The predicted molar refractivity (Wildman–Crippen MR) is 83.4 cm³/mol. The molecule has 2 rings (SSSR count). The van der Waals surface area contributed by atoms with Gasteiger partial charge >= 0.3 is 0 Å². The van der Waals surface area contributed by atoms with Crippen molar-refractivity contribution in [2.45, 2.75) is 6.54 Å². The van der Waals surface area contributed by atoms with E-state index in [4.69, 9.17) is 23.2 Å². The van der Waals surface area contributed by atoms with Crippen LogP contribution in [0.4, 0.5) is 5.69 Å². The van der Waals surface area contributed by atoms with Crippen LogP contribution in [0.2, 0.25) is 10.2 Å². The molecule has 0 fully saturated rings. The maximum absolute atomic E-state index is 12.0. The molecule has 0 N–H and O–H groups in total. The molecule has 1 aromatic carbocycles. The summed E-state index contributed by atoms with van der Waals surface area (Å²) < 4.78 is 1.50. The molecule has 0 aliphatic carbocycles. The molecule has 2 aromatic rings. The van der Waals surface area contributed by atoms with Crippen molar-refractivity contribution in [1.29, 1.82) is 0 Å². The van der Waals surface area contributed by atoms with Crippen LogP contribution in [0.15, 0.2) is 29.3 Å². The summed E-state index contributed by atoms with van der Waals surface area (Å²) in [7, 11) is 0. The lowest BCUT2D eigenvalue weighted by atomic mass is 10.2. The van der Waals surface area contributed by atoms with Gasteiger partial charge in [0.2, 0.25) is 0 Å². The van der Waals surface area contributed by atoms with E-state index in [1.807, 2.05) is 0 Å². The zero-order valence-corrected chi connectivity index (χ0v) is 13.4. The first-order valence-corrected chi connectivity index (χ1v) is 7.07. The maximum atomic E-state index is 12.0. The fraction of sp³-hybridized carbons (Fsp3) is 0.0909. The topological polar surface area (TPSA) is 78.0 Å². The lowest BCUT2D eigenvalue weighted by Gasteiger charge is -2.07. The number of hydrogen-bond acceptors (Lipinski definition) is 4. The van der Waals surface area contributed by atoms with E-state index >= 15 is 0 Å². The lowest BCUT2D eigenvalue weighted by molar-refractivity contribution is -0.385. The van der Waals surface area contributed by atoms with E-state index in [0.717, 1.165) is 0 Å². The van der Waals surface area contributed by atoms with Gasteiger partial charge in [-0.3, -0.25) is 19.5 Å². The average molecular weight is 426 g/mol. The molecule has 0 unspecified atom stereocenters. The van der Waals surface area contributed by atoms with Crippen LogP contribution in [0.25, 0.3) is 0 Å². The summed E-state index contributed by atoms with van der Waals surface area (Å²) in [5.41, 5.74) is -0.143. The number of nitrogens with zero attached hydrogens (tertiary/aromatic N) is 3. The summed E-state index contributed by atoms with van der Waals surface area (Å²) in [6.07, 6.45) is 1.25. The van der Waals surface area contributed by atoms with Gasteiger partial charge in [0, 0.05) is 11.1 Å². The molecule has 20 heavy (non-hydrogen) atoms. The van der Waals surface area contributed by atoms with E-state index in [0.29, 0.717) is 10.6 Å². The van der Waals surface area contributed by atoms with Gasteiger partial charge in [0.1, 0.15) is 8.72 Å². The Morgan fingerprint density at radius 2 is 2.10 bits per heavy atom. The van der Waals surface area contributed by atoms with Crippen LogP contribution >= 0.6 is 45.8 Å². The summed E-state index contributed by atoms with van der Waals surface area (Å²) in [6, 6.07) is 4.18. The minimum atomic E-state index is -0.523. The Labute approximate surface area is 136 Å². The van der Waals surface area contributed by atoms with Gasteiger partial charge in [0.05, 0.1) is 23.4 Å². The van der Waals surface area contributed by atoms with Crippen LogP contribution in [-0.4, -0.2) is 14.5 Å². The molecule has 6 nitrogen and oxygen atoms in total. The highest BCUT2D eigenvalue weighted by Gasteiger charge is 2.16. The zero-order chi connectivity index (χ0) is 14.9. The van der Waals surface area contributed by atoms with E-state index in [1.54, 1.807) is 22.6 Å². The third kappa shape index (κ3) is 3.10. The minimum absolute atomic E-state index is 0.00409. The van der Waals surface area contributed by atoms with Crippen molar-refractivity contribution in [3.63, 3.8) is 0 Å². The summed E-state index contributed by atoms with van der Waals surface area (Å²) >= 11 is 13.3. The van der Waals surface area contributed by atoms with Crippen LogP contribution in [0, 0.1) is 13.7 Å². The molecule has 104 valence electrons. The van der Waals surface area contributed by atoms with Gasteiger partial charge in [-0.15, -0.1) is 0 Å². The van der Waals surface area contributed by atoms with E-state index in [-0.39, 0.29) is 26.5 Å². The number of hydrogen-bond donors (Lipinski definition) is 0. The molecule has 1 heterocycles. The molecule has 1 aromatic heterocycles. The minimum Gasteiger partial charge on any atom is -0.294 e. The van der Waals surface area contributed by atoms with E-state index in [2.05, 4.69) is 4.98 Å². The first-order chi connectivity index (χ1) is 9.40. The summed E-state index contributed by atoms with van der Waals surface area (Å²) in [6.45, 7) is -0.00409. The molecule has 0 saturated heterocycles. The fourth-order valence-electron chi connectivity index (χ4n) is 1.60. The second-order valence-electron chi connectivity index (χ2n) is 3.81. The van der Waals surface area contributed by atoms with Gasteiger partial charge in [0.25, 0.3) is 11.2 Å². The number of halogens is 3. The van der Waals surface area contributed by atoms with Crippen LogP contribution in [0.1, 0.15) is 5.56 Å². The van der Waals surface area contributed by atoms with Crippen molar-refractivity contribution in [3.8, 4) is 0 Å². The Morgan fingerprint density at radius 3 is 2.75 bits per heavy atom. The Kier molecular flexibility index (Phi) is 4.61. The highest BCUT2D eigenvalue weighted by molar-refractivity contribution is 14.1. The molecule has 0 atom stereocenters. The molecular formula is C11H6Cl2IN3O3. The number of nitro groups is 1. The lowest BCUT2D eigenvalue weighted by Crippen LogP contribution is -2.24. The van der Waals surface area contributed by atoms with Gasteiger partial charge in [0.15, 0.2) is 0 Å². The van der Waals surface area contributed by atoms with Crippen LogP contribution in [0.3, 0.4) is 0 Å². The van der Waals surface area contributed by atoms with Crippen LogP contribution < -0.4 is 5.56 Å². The van der Waals surface area contributed by atoms with Gasteiger partial charge in [-0.2, -0.15) is 0 Å². The highest BCUT2D eigenvalue weighted by Crippen LogP contribution is 2.23. The molecule has 0 radical (unpaired) electrons. The molecule has 0 bridgehead atoms. The van der Waals surface area contributed by atoms with Gasteiger partial charge in [-0.1, -0.05) is 23.2 Å². The summed E-state index contributed by atoms with van der Waals surface area (Å²) in [5, 5.41) is 11.4. The average Bonchev–Trinajstić information content (AvgIpc) is 2.39. The first kappa shape index (κ1) is 15.2. The Bertz CT molecular complexity index is 748. The van der Waals surface area contributed by atoms with Gasteiger partial charge in [-0.05, 0) is 34.7 Å². The number of rotatable bonds is 3. The second kappa shape index (κ2) is 6.06. The van der Waals surface area contributed by atoms with E-state index in [1.165, 1.54) is 29.1 Å². The molecule has 0 aliphatic heterocycles. The van der Waals surface area contributed by atoms with Crippen molar-refractivity contribution in [2.24, 2.45) is 0 Å². The standard InChI is InChI=1S/C11H6Cl2IN3O3/c12-7-1-2-8(17(19)20)6(3-7)4-16-5-15-10(13)9(14)11(16)18/h1-3,5H,4H2. The quantitative estimate of drug-likeness (QED) is 0.327. The van der Waals surface area contributed by atoms with E-state index in [9.17, 15) is 14.9 Å². The predicted octanol–water partition coefficient (Wildman–Crippen LogP) is 3.11. The Morgan fingerprint density at radius 1 is 1.40 bits per heavy atom. The van der Waals surface area contributed by atoms with Crippen LogP contribution in [-0.2, 0) is 6.54 Å². The van der Waals surface area contributed by atoms with E-state index < -0.39 is 4.92 Å². The van der Waals surface area contributed by atoms with Crippen molar-refractivity contribution in [1.82, 2.24) is 9.55 Å². The second-order valence-corrected chi connectivity index (χ2v) is 5.69. The summed E-state index contributed by atoms with van der Waals surface area (Å²) in [4.78, 5) is 26.3. The maximum Gasteiger partial charge on any atom is 0.274 e. The molecular weight excluding hydrogens is 420 g/mol. The van der Waals surface area contributed by atoms with Crippen LogP contribution in [0.5, 0.6) is 0 Å². The Balaban J connectivity index is 2.50. The number of aromatic nitrogens is 2. The molecule has 0 spiro atoms. The zero-order valence-electron chi connectivity index (χ0n) is 9.72. The summed E-state index contributed by atoms with van der Waals surface area (Å²) in [5.74, 6) is 0. The van der Waals surface area contributed by atoms with Crippen molar-refractivity contribution < 1.29 is 4.92 Å². The van der Waals surface area contributed by atoms with Gasteiger partial charge in [-0.25, -0.2) is 4.98 Å². The molecule has 0 saturated carbocycles. The number of benzene rings is 1. The third-order valence-electron chi connectivity index (χ3n) is 2.52. The normalized spacial score (nSPS) is 10.6. The van der Waals surface area contributed by atoms with Crippen molar-refractivity contribution in [2.75, 3.05) is 0 Å². The number of nitro benzene ring substituents is 1. The van der Waals surface area contributed by atoms with Crippen molar-refractivity contribution >= 4 is 51.5 Å². The largest absolute Gasteiger partial charge is 0.294 e. The first-order valence-electron chi connectivity index (χ1n) is 5.23. The fourth-order valence-corrected chi connectivity index (χ4v) is 2.37. The van der Waals surface area contributed by atoms with Gasteiger partial charge < -0.3 is 0 Å².